The molecule has 0 aliphatic carbocycles. The SMILES string of the molecule is CNCc1ccc(OC)cc1OCc1ccc(Cl)c(F)c1. The molecule has 5 heteroatoms. The Balaban J connectivity index is 2.15. The van der Waals surface area contributed by atoms with Crippen LogP contribution in [0.15, 0.2) is 36.4 Å². The van der Waals surface area contributed by atoms with Gasteiger partial charge in [0.2, 0.25) is 0 Å². The second kappa shape index (κ2) is 7.29. The first kappa shape index (κ1) is 15.6. The van der Waals surface area contributed by atoms with Gasteiger partial charge in [0.1, 0.15) is 23.9 Å². The number of benzene rings is 2. The molecule has 2 aromatic rings. The van der Waals surface area contributed by atoms with E-state index < -0.39 is 5.82 Å². The molecule has 112 valence electrons. The van der Waals surface area contributed by atoms with Gasteiger partial charge in [-0.1, -0.05) is 23.7 Å². The van der Waals surface area contributed by atoms with Gasteiger partial charge in [-0.25, -0.2) is 4.39 Å². The lowest BCUT2D eigenvalue weighted by molar-refractivity contribution is 0.299. The molecule has 0 aromatic heterocycles. The zero-order valence-corrected chi connectivity index (χ0v) is 12.7. The van der Waals surface area contributed by atoms with Crippen molar-refractivity contribution in [2.45, 2.75) is 13.2 Å². The lowest BCUT2D eigenvalue weighted by atomic mass is 10.2. The van der Waals surface area contributed by atoms with E-state index in [9.17, 15) is 4.39 Å². The minimum absolute atomic E-state index is 0.107. The second-order valence-electron chi connectivity index (χ2n) is 4.54. The molecule has 0 amide bonds. The van der Waals surface area contributed by atoms with Crippen LogP contribution in [0.2, 0.25) is 5.02 Å². The third-order valence-corrected chi connectivity index (χ3v) is 3.33. The maximum atomic E-state index is 13.4. The number of ether oxygens (including phenoxy) is 2. The first-order valence-corrected chi connectivity index (χ1v) is 6.90. The fraction of sp³-hybridized carbons (Fsp3) is 0.250. The van der Waals surface area contributed by atoms with Gasteiger partial charge in [0.05, 0.1) is 12.1 Å². The van der Waals surface area contributed by atoms with Crippen LogP contribution in [0.4, 0.5) is 4.39 Å². The predicted octanol–water partition coefficient (Wildman–Crippen LogP) is 3.79. The second-order valence-corrected chi connectivity index (χ2v) is 4.95. The van der Waals surface area contributed by atoms with E-state index in [0.717, 1.165) is 11.1 Å². The van der Waals surface area contributed by atoms with E-state index in [4.69, 9.17) is 21.1 Å². The molecule has 1 N–H and O–H groups in total. The third kappa shape index (κ3) is 4.09. The van der Waals surface area contributed by atoms with Crippen LogP contribution in [-0.2, 0) is 13.2 Å². The van der Waals surface area contributed by atoms with Crippen molar-refractivity contribution in [1.82, 2.24) is 5.32 Å². The first-order chi connectivity index (χ1) is 10.1. The van der Waals surface area contributed by atoms with Gasteiger partial charge in [0.25, 0.3) is 0 Å². The molecular weight excluding hydrogens is 293 g/mol. The maximum Gasteiger partial charge on any atom is 0.142 e. The zero-order valence-electron chi connectivity index (χ0n) is 12.0. The summed E-state index contributed by atoms with van der Waals surface area (Å²) < 4.78 is 24.4. The molecule has 0 fully saturated rings. The van der Waals surface area contributed by atoms with E-state index in [0.29, 0.717) is 18.0 Å². The molecule has 21 heavy (non-hydrogen) atoms. The van der Waals surface area contributed by atoms with Gasteiger partial charge in [0.15, 0.2) is 0 Å². The number of hydrogen-bond donors (Lipinski definition) is 1. The molecule has 2 aromatic carbocycles. The summed E-state index contributed by atoms with van der Waals surface area (Å²) in [6, 6.07) is 10.3. The highest BCUT2D eigenvalue weighted by atomic mass is 35.5. The maximum absolute atomic E-state index is 13.4. The quantitative estimate of drug-likeness (QED) is 0.880. The van der Waals surface area contributed by atoms with Crippen LogP contribution in [-0.4, -0.2) is 14.2 Å². The Labute approximate surface area is 128 Å². The Morgan fingerprint density at radius 3 is 2.67 bits per heavy atom. The minimum atomic E-state index is -0.446. The molecule has 0 bridgehead atoms. The van der Waals surface area contributed by atoms with Gasteiger partial charge in [-0.3, -0.25) is 0 Å². The van der Waals surface area contributed by atoms with Crippen molar-refractivity contribution in [3.8, 4) is 11.5 Å². The molecule has 0 aliphatic heterocycles. The summed E-state index contributed by atoms with van der Waals surface area (Å²) in [6.07, 6.45) is 0. The lowest BCUT2D eigenvalue weighted by Gasteiger charge is -2.13. The van der Waals surface area contributed by atoms with Gasteiger partial charge < -0.3 is 14.8 Å². The largest absolute Gasteiger partial charge is 0.497 e. The van der Waals surface area contributed by atoms with Gasteiger partial charge >= 0.3 is 0 Å². The highest BCUT2D eigenvalue weighted by Crippen LogP contribution is 2.26. The molecule has 0 unspecified atom stereocenters. The van der Waals surface area contributed by atoms with E-state index in [-0.39, 0.29) is 11.6 Å². The van der Waals surface area contributed by atoms with Crippen molar-refractivity contribution in [2.75, 3.05) is 14.2 Å². The van der Waals surface area contributed by atoms with Gasteiger partial charge in [-0.15, -0.1) is 0 Å². The van der Waals surface area contributed by atoms with E-state index in [1.165, 1.54) is 12.1 Å². The summed E-state index contributed by atoms with van der Waals surface area (Å²) in [6.45, 7) is 0.937. The summed E-state index contributed by atoms with van der Waals surface area (Å²) in [5.41, 5.74) is 1.72. The van der Waals surface area contributed by atoms with E-state index in [2.05, 4.69) is 5.32 Å². The van der Waals surface area contributed by atoms with Crippen LogP contribution >= 0.6 is 11.6 Å². The Kier molecular flexibility index (Phi) is 5.42. The molecule has 0 saturated heterocycles. The average molecular weight is 310 g/mol. The lowest BCUT2D eigenvalue weighted by Crippen LogP contribution is -2.08. The van der Waals surface area contributed by atoms with Gasteiger partial charge in [-0.05, 0) is 30.8 Å². The Morgan fingerprint density at radius 2 is 2.00 bits per heavy atom. The molecule has 0 heterocycles. The average Bonchev–Trinajstić information content (AvgIpc) is 2.50. The normalized spacial score (nSPS) is 10.5. The highest BCUT2D eigenvalue weighted by Gasteiger charge is 2.07. The predicted molar refractivity (Wildman–Crippen MR) is 81.5 cm³/mol. The van der Waals surface area contributed by atoms with Crippen molar-refractivity contribution in [3.05, 3.63) is 58.4 Å². The fourth-order valence-electron chi connectivity index (χ4n) is 1.92. The van der Waals surface area contributed by atoms with E-state index in [1.54, 1.807) is 13.2 Å². The van der Waals surface area contributed by atoms with Crippen LogP contribution < -0.4 is 14.8 Å². The zero-order chi connectivity index (χ0) is 15.2. The van der Waals surface area contributed by atoms with E-state index in [1.807, 2.05) is 25.2 Å². The number of nitrogens with one attached hydrogen (secondary N) is 1. The Hall–Kier alpha value is -1.78. The van der Waals surface area contributed by atoms with Crippen molar-refractivity contribution < 1.29 is 13.9 Å². The topological polar surface area (TPSA) is 30.5 Å². The Bertz CT molecular complexity index is 619. The first-order valence-electron chi connectivity index (χ1n) is 6.52. The van der Waals surface area contributed by atoms with Crippen LogP contribution in [0, 0.1) is 5.82 Å². The molecular formula is C16H17ClFNO2. The summed E-state index contributed by atoms with van der Waals surface area (Å²) >= 11 is 5.66. The summed E-state index contributed by atoms with van der Waals surface area (Å²) in [5.74, 6) is 0.977. The summed E-state index contributed by atoms with van der Waals surface area (Å²) in [4.78, 5) is 0. The number of rotatable bonds is 6. The molecule has 0 spiro atoms. The van der Waals surface area contributed by atoms with Gasteiger partial charge in [0, 0.05) is 18.2 Å². The monoisotopic (exact) mass is 309 g/mol. The van der Waals surface area contributed by atoms with Crippen LogP contribution in [0.5, 0.6) is 11.5 Å². The van der Waals surface area contributed by atoms with Crippen LogP contribution in [0.3, 0.4) is 0 Å². The van der Waals surface area contributed by atoms with Crippen LogP contribution in [0.1, 0.15) is 11.1 Å². The number of methoxy groups -OCH3 is 1. The Morgan fingerprint density at radius 1 is 1.19 bits per heavy atom. The number of hydrogen-bond acceptors (Lipinski definition) is 3. The van der Waals surface area contributed by atoms with Crippen molar-refractivity contribution in [1.29, 1.82) is 0 Å². The minimum Gasteiger partial charge on any atom is -0.497 e. The van der Waals surface area contributed by atoms with Crippen LogP contribution in [0.25, 0.3) is 0 Å². The van der Waals surface area contributed by atoms with Gasteiger partial charge in [-0.2, -0.15) is 0 Å². The third-order valence-electron chi connectivity index (χ3n) is 3.02. The molecule has 0 radical (unpaired) electrons. The summed E-state index contributed by atoms with van der Waals surface area (Å²) in [5, 5.41) is 3.19. The summed E-state index contributed by atoms with van der Waals surface area (Å²) in [7, 11) is 3.47. The molecule has 3 nitrogen and oxygen atoms in total. The highest BCUT2D eigenvalue weighted by molar-refractivity contribution is 6.30. The van der Waals surface area contributed by atoms with Crippen molar-refractivity contribution in [3.63, 3.8) is 0 Å². The molecule has 0 saturated carbocycles. The standard InChI is InChI=1S/C16H17ClFNO2/c1-19-9-12-4-5-13(20-2)8-16(12)21-10-11-3-6-14(17)15(18)7-11/h3-8,19H,9-10H2,1-2H3. The van der Waals surface area contributed by atoms with E-state index >= 15 is 0 Å². The molecule has 0 atom stereocenters. The van der Waals surface area contributed by atoms with Crippen molar-refractivity contribution in [2.24, 2.45) is 0 Å². The smallest absolute Gasteiger partial charge is 0.142 e. The van der Waals surface area contributed by atoms with Crippen molar-refractivity contribution >= 4 is 11.6 Å². The molecule has 0 aliphatic rings. The fourth-order valence-corrected chi connectivity index (χ4v) is 2.04. The number of halogens is 2. The molecule has 2 rings (SSSR count).